The van der Waals surface area contributed by atoms with Gasteiger partial charge in [0.25, 0.3) is 0 Å². The highest BCUT2D eigenvalue weighted by Gasteiger charge is 2.27. The minimum Gasteiger partial charge on any atom is -0.497 e. The SMILES string of the molecule is COc1ccc(S(=O)(=O)C2CC=CCC2)cc1. The van der Waals surface area contributed by atoms with Crippen LogP contribution in [0.2, 0.25) is 0 Å². The molecule has 92 valence electrons. The van der Waals surface area contributed by atoms with E-state index in [0.717, 1.165) is 6.42 Å². The summed E-state index contributed by atoms with van der Waals surface area (Å²) in [5, 5.41) is -0.277. The highest BCUT2D eigenvalue weighted by atomic mass is 32.2. The van der Waals surface area contributed by atoms with E-state index in [-0.39, 0.29) is 5.25 Å². The number of hydrogen-bond acceptors (Lipinski definition) is 3. The Morgan fingerprint density at radius 2 is 1.88 bits per heavy atom. The van der Waals surface area contributed by atoms with E-state index in [1.54, 1.807) is 31.4 Å². The zero-order valence-electron chi connectivity index (χ0n) is 9.80. The minimum absolute atomic E-state index is 0.277. The number of allylic oxidation sites excluding steroid dienone is 2. The van der Waals surface area contributed by atoms with Crippen molar-refractivity contribution in [2.45, 2.75) is 29.4 Å². The van der Waals surface area contributed by atoms with Gasteiger partial charge in [0.1, 0.15) is 5.75 Å². The lowest BCUT2D eigenvalue weighted by atomic mass is 10.1. The van der Waals surface area contributed by atoms with E-state index in [2.05, 4.69) is 0 Å². The van der Waals surface area contributed by atoms with Crippen LogP contribution in [0.5, 0.6) is 5.75 Å². The Bertz CT molecular complexity index is 500. The van der Waals surface area contributed by atoms with Crippen molar-refractivity contribution in [2.75, 3.05) is 7.11 Å². The highest BCUT2D eigenvalue weighted by Crippen LogP contribution is 2.26. The number of ether oxygens (including phenoxy) is 1. The molecule has 0 spiro atoms. The van der Waals surface area contributed by atoms with Crippen LogP contribution in [0.15, 0.2) is 41.3 Å². The summed E-state index contributed by atoms with van der Waals surface area (Å²) in [6.07, 6.45) is 6.18. The molecule has 0 aliphatic heterocycles. The van der Waals surface area contributed by atoms with Crippen molar-refractivity contribution in [3.8, 4) is 5.75 Å². The Hall–Kier alpha value is -1.29. The molecular formula is C13H16O3S. The van der Waals surface area contributed by atoms with Gasteiger partial charge in [-0.2, -0.15) is 0 Å². The van der Waals surface area contributed by atoms with E-state index >= 15 is 0 Å². The van der Waals surface area contributed by atoms with Crippen LogP contribution in [0.1, 0.15) is 19.3 Å². The van der Waals surface area contributed by atoms with Crippen molar-refractivity contribution in [2.24, 2.45) is 0 Å². The van der Waals surface area contributed by atoms with Crippen LogP contribution in [0.4, 0.5) is 0 Å². The lowest BCUT2D eigenvalue weighted by Crippen LogP contribution is -2.22. The largest absolute Gasteiger partial charge is 0.497 e. The fourth-order valence-electron chi connectivity index (χ4n) is 2.01. The fraction of sp³-hybridized carbons (Fsp3) is 0.385. The van der Waals surface area contributed by atoms with Crippen molar-refractivity contribution in [1.82, 2.24) is 0 Å². The third kappa shape index (κ3) is 2.52. The Labute approximate surface area is 102 Å². The quantitative estimate of drug-likeness (QED) is 0.777. The van der Waals surface area contributed by atoms with Crippen LogP contribution in [0, 0.1) is 0 Å². The topological polar surface area (TPSA) is 43.4 Å². The van der Waals surface area contributed by atoms with E-state index in [9.17, 15) is 8.42 Å². The number of sulfone groups is 1. The third-order valence-corrected chi connectivity index (χ3v) is 5.28. The summed E-state index contributed by atoms with van der Waals surface area (Å²) in [4.78, 5) is 0.388. The molecule has 0 radical (unpaired) electrons. The van der Waals surface area contributed by atoms with Gasteiger partial charge >= 0.3 is 0 Å². The van der Waals surface area contributed by atoms with Crippen molar-refractivity contribution in [3.05, 3.63) is 36.4 Å². The van der Waals surface area contributed by atoms with Crippen molar-refractivity contribution < 1.29 is 13.2 Å². The van der Waals surface area contributed by atoms with Crippen LogP contribution in [0.25, 0.3) is 0 Å². The van der Waals surface area contributed by atoms with Crippen LogP contribution >= 0.6 is 0 Å². The molecule has 1 aliphatic rings. The summed E-state index contributed by atoms with van der Waals surface area (Å²) in [6, 6.07) is 6.61. The molecule has 1 aromatic rings. The first-order valence-electron chi connectivity index (χ1n) is 5.67. The van der Waals surface area contributed by atoms with Gasteiger partial charge < -0.3 is 4.74 Å². The Morgan fingerprint density at radius 1 is 1.18 bits per heavy atom. The van der Waals surface area contributed by atoms with Crippen LogP contribution in [-0.4, -0.2) is 20.8 Å². The molecule has 0 N–H and O–H groups in total. The Morgan fingerprint density at radius 3 is 2.41 bits per heavy atom. The maximum Gasteiger partial charge on any atom is 0.181 e. The van der Waals surface area contributed by atoms with Gasteiger partial charge in [0.15, 0.2) is 9.84 Å². The zero-order valence-corrected chi connectivity index (χ0v) is 10.6. The molecule has 0 heterocycles. The molecule has 1 unspecified atom stereocenters. The second kappa shape index (κ2) is 4.92. The van der Waals surface area contributed by atoms with Crippen LogP contribution in [-0.2, 0) is 9.84 Å². The monoisotopic (exact) mass is 252 g/mol. The van der Waals surface area contributed by atoms with E-state index in [1.165, 1.54) is 0 Å². The molecule has 0 fully saturated rings. The van der Waals surface area contributed by atoms with Gasteiger partial charge in [-0.05, 0) is 43.5 Å². The molecule has 2 rings (SSSR count). The molecule has 3 nitrogen and oxygen atoms in total. The number of benzene rings is 1. The summed E-state index contributed by atoms with van der Waals surface area (Å²) >= 11 is 0. The van der Waals surface area contributed by atoms with Crippen LogP contribution in [0.3, 0.4) is 0 Å². The molecule has 0 saturated carbocycles. The fourth-order valence-corrected chi connectivity index (χ4v) is 3.72. The average Bonchev–Trinajstić information content (AvgIpc) is 2.40. The van der Waals surface area contributed by atoms with Gasteiger partial charge in [-0.15, -0.1) is 0 Å². The van der Waals surface area contributed by atoms with E-state index in [0.29, 0.717) is 23.5 Å². The average molecular weight is 252 g/mol. The van der Waals surface area contributed by atoms with Crippen LogP contribution < -0.4 is 4.74 Å². The minimum atomic E-state index is -3.19. The molecule has 17 heavy (non-hydrogen) atoms. The molecule has 1 aliphatic carbocycles. The molecule has 0 bridgehead atoms. The maximum atomic E-state index is 12.3. The summed E-state index contributed by atoms with van der Waals surface area (Å²) in [6.45, 7) is 0. The lowest BCUT2D eigenvalue weighted by molar-refractivity contribution is 0.414. The third-order valence-electron chi connectivity index (χ3n) is 3.05. The molecule has 1 atom stereocenters. The smallest absolute Gasteiger partial charge is 0.181 e. The molecular weight excluding hydrogens is 236 g/mol. The zero-order chi connectivity index (χ0) is 12.3. The van der Waals surface area contributed by atoms with E-state index < -0.39 is 9.84 Å². The van der Waals surface area contributed by atoms with Gasteiger partial charge in [-0.25, -0.2) is 8.42 Å². The normalized spacial score (nSPS) is 20.2. The van der Waals surface area contributed by atoms with Gasteiger partial charge in [0.05, 0.1) is 17.3 Å². The second-order valence-corrected chi connectivity index (χ2v) is 6.36. The first-order valence-corrected chi connectivity index (χ1v) is 7.22. The molecule has 1 aromatic carbocycles. The van der Waals surface area contributed by atoms with E-state index in [4.69, 9.17) is 4.74 Å². The van der Waals surface area contributed by atoms with Gasteiger partial charge in [-0.3, -0.25) is 0 Å². The Kier molecular flexibility index (Phi) is 3.52. The maximum absolute atomic E-state index is 12.3. The highest BCUT2D eigenvalue weighted by molar-refractivity contribution is 7.92. The summed E-state index contributed by atoms with van der Waals surface area (Å²) in [7, 11) is -1.63. The van der Waals surface area contributed by atoms with E-state index in [1.807, 2.05) is 12.2 Å². The van der Waals surface area contributed by atoms with Gasteiger partial charge in [0, 0.05) is 0 Å². The summed E-state index contributed by atoms with van der Waals surface area (Å²) in [5.41, 5.74) is 0. The molecule has 0 amide bonds. The molecule has 4 heteroatoms. The number of rotatable bonds is 3. The van der Waals surface area contributed by atoms with Crippen molar-refractivity contribution in [3.63, 3.8) is 0 Å². The first-order chi connectivity index (χ1) is 8.14. The number of hydrogen-bond donors (Lipinski definition) is 0. The summed E-state index contributed by atoms with van der Waals surface area (Å²) in [5.74, 6) is 0.674. The van der Waals surface area contributed by atoms with Gasteiger partial charge in [0.2, 0.25) is 0 Å². The van der Waals surface area contributed by atoms with Gasteiger partial charge in [-0.1, -0.05) is 12.2 Å². The molecule has 0 saturated heterocycles. The lowest BCUT2D eigenvalue weighted by Gasteiger charge is -2.18. The van der Waals surface area contributed by atoms with Crippen molar-refractivity contribution in [1.29, 1.82) is 0 Å². The summed E-state index contributed by atoms with van der Waals surface area (Å²) < 4.78 is 29.6. The Balaban J connectivity index is 2.27. The predicted molar refractivity (Wildman–Crippen MR) is 67.0 cm³/mol. The van der Waals surface area contributed by atoms with Crippen molar-refractivity contribution >= 4 is 9.84 Å². The standard InChI is InChI=1S/C13H16O3S/c1-16-11-7-9-13(10-8-11)17(14,15)12-5-3-2-4-6-12/h2-3,7-10,12H,4-6H2,1H3. The second-order valence-electron chi connectivity index (χ2n) is 4.13. The molecule has 0 aromatic heterocycles. The first kappa shape index (κ1) is 12.2. The number of methoxy groups -OCH3 is 1. The predicted octanol–water partition coefficient (Wildman–Crippen LogP) is 2.58.